The van der Waals surface area contributed by atoms with Gasteiger partial charge < -0.3 is 4.74 Å². The molecule has 0 aromatic carbocycles. The number of halogens is 1. The summed E-state index contributed by atoms with van der Waals surface area (Å²) in [6.07, 6.45) is 0. The van der Waals surface area contributed by atoms with Crippen LogP contribution >= 0.6 is 0 Å². The Bertz CT molecular complexity index is 325. The maximum atomic E-state index is 12.6. The first-order chi connectivity index (χ1) is 6.15. The molecule has 1 aromatic heterocycles. The molecule has 13 heavy (non-hydrogen) atoms. The van der Waals surface area contributed by atoms with E-state index in [1.54, 1.807) is 6.92 Å². The van der Waals surface area contributed by atoms with Gasteiger partial charge in [0, 0.05) is 0 Å². The van der Waals surface area contributed by atoms with Crippen molar-refractivity contribution < 1.29 is 13.9 Å². The van der Waals surface area contributed by atoms with Gasteiger partial charge in [-0.05, 0) is 26.0 Å². The Balaban J connectivity index is 3.10. The quantitative estimate of drug-likeness (QED) is 0.530. The van der Waals surface area contributed by atoms with E-state index < -0.39 is 5.95 Å². The number of Topliss-reactive ketones (excluding diaryl/α,β-unsaturated/α-hetero) is 1. The van der Waals surface area contributed by atoms with E-state index in [0.29, 0.717) is 12.2 Å². The fourth-order valence-electron chi connectivity index (χ4n) is 0.933. The summed E-state index contributed by atoms with van der Waals surface area (Å²) in [5, 5.41) is 0. The highest BCUT2D eigenvalue weighted by Gasteiger charge is 2.10. The predicted octanol–water partition coefficient (Wildman–Crippen LogP) is 1.82. The van der Waals surface area contributed by atoms with Gasteiger partial charge in [0.1, 0.15) is 0 Å². The number of aromatic nitrogens is 1. The third kappa shape index (κ3) is 2.24. The number of hydrogen-bond donors (Lipinski definition) is 0. The first-order valence-electron chi connectivity index (χ1n) is 3.95. The third-order valence-corrected chi connectivity index (χ3v) is 1.49. The molecule has 0 bridgehead atoms. The second-order valence-electron chi connectivity index (χ2n) is 2.48. The first kappa shape index (κ1) is 9.64. The van der Waals surface area contributed by atoms with Gasteiger partial charge in [0.15, 0.2) is 5.78 Å². The van der Waals surface area contributed by atoms with Gasteiger partial charge in [0.05, 0.1) is 12.2 Å². The Morgan fingerprint density at radius 2 is 2.31 bits per heavy atom. The molecule has 0 aliphatic carbocycles. The molecule has 0 amide bonds. The summed E-state index contributed by atoms with van der Waals surface area (Å²) in [6, 6.07) is 2.51. The zero-order valence-corrected chi connectivity index (χ0v) is 7.50. The average Bonchev–Trinajstić information content (AvgIpc) is 2.04. The minimum Gasteiger partial charge on any atom is -0.477 e. The zero-order valence-electron chi connectivity index (χ0n) is 7.50. The van der Waals surface area contributed by atoms with Crippen molar-refractivity contribution in [2.24, 2.45) is 0 Å². The van der Waals surface area contributed by atoms with Crippen LogP contribution in [0.4, 0.5) is 4.39 Å². The number of pyridine rings is 1. The van der Waals surface area contributed by atoms with E-state index in [9.17, 15) is 9.18 Å². The van der Waals surface area contributed by atoms with Gasteiger partial charge in [-0.1, -0.05) is 0 Å². The molecule has 0 unspecified atom stereocenters. The SMILES string of the molecule is CCOc1nc(F)ccc1C(C)=O. The first-order valence-corrected chi connectivity index (χ1v) is 3.95. The van der Waals surface area contributed by atoms with Gasteiger partial charge in [-0.3, -0.25) is 4.79 Å². The summed E-state index contributed by atoms with van der Waals surface area (Å²) in [5.41, 5.74) is 0.309. The van der Waals surface area contributed by atoms with Crippen LogP contribution in [0.1, 0.15) is 24.2 Å². The number of hydrogen-bond acceptors (Lipinski definition) is 3. The van der Waals surface area contributed by atoms with Crippen molar-refractivity contribution in [2.45, 2.75) is 13.8 Å². The normalized spacial score (nSPS) is 9.77. The Kier molecular flexibility index (Phi) is 2.95. The Morgan fingerprint density at radius 1 is 1.62 bits per heavy atom. The van der Waals surface area contributed by atoms with E-state index in [2.05, 4.69) is 4.98 Å². The number of ether oxygens (including phenoxy) is 1. The minimum absolute atomic E-state index is 0.0648. The van der Waals surface area contributed by atoms with Gasteiger partial charge in [-0.2, -0.15) is 9.37 Å². The number of nitrogens with zero attached hydrogens (tertiary/aromatic N) is 1. The molecule has 0 saturated carbocycles. The lowest BCUT2D eigenvalue weighted by Crippen LogP contribution is -2.03. The Labute approximate surface area is 75.6 Å². The van der Waals surface area contributed by atoms with Crippen LogP contribution in [0.15, 0.2) is 12.1 Å². The maximum Gasteiger partial charge on any atom is 0.227 e. The van der Waals surface area contributed by atoms with Crippen molar-refractivity contribution in [1.82, 2.24) is 4.98 Å². The van der Waals surface area contributed by atoms with Crippen molar-refractivity contribution >= 4 is 5.78 Å². The molecule has 1 heterocycles. The molecule has 0 fully saturated rings. The summed E-state index contributed by atoms with van der Waals surface area (Å²) in [5.74, 6) is -0.764. The van der Waals surface area contributed by atoms with Crippen LogP contribution in [0.5, 0.6) is 5.88 Å². The van der Waals surface area contributed by atoms with E-state index in [0.717, 1.165) is 6.07 Å². The summed E-state index contributed by atoms with van der Waals surface area (Å²) in [6.45, 7) is 3.49. The van der Waals surface area contributed by atoms with Gasteiger partial charge >= 0.3 is 0 Å². The number of carbonyl (C=O) groups is 1. The van der Waals surface area contributed by atoms with Crippen LogP contribution in [0, 0.1) is 5.95 Å². The molecule has 1 rings (SSSR count). The van der Waals surface area contributed by atoms with Crippen LogP contribution < -0.4 is 4.74 Å². The molecule has 0 atom stereocenters. The average molecular weight is 183 g/mol. The number of rotatable bonds is 3. The highest BCUT2D eigenvalue weighted by molar-refractivity contribution is 5.96. The zero-order chi connectivity index (χ0) is 9.84. The van der Waals surface area contributed by atoms with Gasteiger partial charge in [-0.15, -0.1) is 0 Å². The van der Waals surface area contributed by atoms with Crippen molar-refractivity contribution in [3.8, 4) is 5.88 Å². The van der Waals surface area contributed by atoms with Crippen LogP contribution in [0.2, 0.25) is 0 Å². The van der Waals surface area contributed by atoms with Gasteiger partial charge in [0.2, 0.25) is 11.8 Å². The molecular formula is C9H10FNO2. The van der Waals surface area contributed by atoms with Crippen LogP contribution in [0.25, 0.3) is 0 Å². The number of ketones is 1. The van der Waals surface area contributed by atoms with Crippen LogP contribution in [0.3, 0.4) is 0 Å². The van der Waals surface area contributed by atoms with Crippen molar-refractivity contribution in [3.05, 3.63) is 23.6 Å². The van der Waals surface area contributed by atoms with E-state index in [4.69, 9.17) is 4.74 Å². The molecule has 3 nitrogen and oxygen atoms in total. The minimum atomic E-state index is -0.645. The number of carbonyl (C=O) groups excluding carboxylic acids is 1. The fraction of sp³-hybridized carbons (Fsp3) is 0.333. The standard InChI is InChI=1S/C9H10FNO2/c1-3-13-9-7(6(2)12)4-5-8(10)11-9/h4-5H,3H2,1-2H3. The molecule has 0 aliphatic heterocycles. The lowest BCUT2D eigenvalue weighted by molar-refractivity contribution is 0.101. The predicted molar refractivity (Wildman–Crippen MR) is 45.4 cm³/mol. The topological polar surface area (TPSA) is 39.2 Å². The maximum absolute atomic E-state index is 12.6. The molecular weight excluding hydrogens is 173 g/mol. The smallest absolute Gasteiger partial charge is 0.227 e. The summed E-state index contributed by atoms with van der Waals surface area (Å²) < 4.78 is 17.6. The molecule has 0 radical (unpaired) electrons. The summed E-state index contributed by atoms with van der Waals surface area (Å²) >= 11 is 0. The highest BCUT2D eigenvalue weighted by Crippen LogP contribution is 2.16. The molecule has 0 spiro atoms. The Hall–Kier alpha value is -1.45. The van der Waals surface area contributed by atoms with E-state index in [-0.39, 0.29) is 11.7 Å². The molecule has 1 aromatic rings. The Morgan fingerprint density at radius 3 is 2.85 bits per heavy atom. The molecule has 0 aliphatic rings. The van der Waals surface area contributed by atoms with E-state index in [1.807, 2.05) is 0 Å². The third-order valence-electron chi connectivity index (χ3n) is 1.49. The van der Waals surface area contributed by atoms with Crippen LogP contribution in [-0.2, 0) is 0 Å². The molecule has 0 N–H and O–H groups in total. The second-order valence-corrected chi connectivity index (χ2v) is 2.48. The summed E-state index contributed by atoms with van der Waals surface area (Å²) in [4.78, 5) is 14.5. The molecule has 0 saturated heterocycles. The fourth-order valence-corrected chi connectivity index (χ4v) is 0.933. The largest absolute Gasteiger partial charge is 0.477 e. The van der Waals surface area contributed by atoms with E-state index >= 15 is 0 Å². The second kappa shape index (κ2) is 3.98. The van der Waals surface area contributed by atoms with Crippen molar-refractivity contribution in [3.63, 3.8) is 0 Å². The van der Waals surface area contributed by atoms with Crippen molar-refractivity contribution in [1.29, 1.82) is 0 Å². The van der Waals surface area contributed by atoms with Gasteiger partial charge in [0.25, 0.3) is 0 Å². The lowest BCUT2D eigenvalue weighted by atomic mass is 10.2. The van der Waals surface area contributed by atoms with Crippen molar-refractivity contribution in [2.75, 3.05) is 6.61 Å². The highest BCUT2D eigenvalue weighted by atomic mass is 19.1. The molecule has 70 valence electrons. The van der Waals surface area contributed by atoms with Gasteiger partial charge in [-0.25, -0.2) is 0 Å². The monoisotopic (exact) mass is 183 g/mol. The van der Waals surface area contributed by atoms with Crippen LogP contribution in [-0.4, -0.2) is 17.4 Å². The molecule has 4 heteroatoms. The summed E-state index contributed by atoms with van der Waals surface area (Å²) in [7, 11) is 0. The lowest BCUT2D eigenvalue weighted by Gasteiger charge is -2.05. The van der Waals surface area contributed by atoms with E-state index in [1.165, 1.54) is 13.0 Å².